The second-order valence-corrected chi connectivity index (χ2v) is 11.4. The van der Waals surface area contributed by atoms with Gasteiger partial charge < -0.3 is 15.1 Å². The smallest absolute Gasteiger partial charge is 0.197 e. The van der Waals surface area contributed by atoms with Crippen molar-refractivity contribution in [3.05, 3.63) is 11.6 Å². The molecule has 26 heavy (non-hydrogen) atoms. The Hall–Kier alpha value is -0.590. The molecule has 4 nitrogen and oxygen atoms in total. The molecule has 0 saturated heterocycles. The fraction of sp³-hybridized carbons (Fsp3) is 0.810. The van der Waals surface area contributed by atoms with Crippen LogP contribution >= 0.6 is 7.37 Å². The minimum atomic E-state index is -2.90. The number of unbranched alkanes of at least 4 members (excludes halogenated alkanes) is 1. The van der Waals surface area contributed by atoms with Gasteiger partial charge in [-0.25, -0.2) is 0 Å². The van der Waals surface area contributed by atoms with Crippen LogP contribution in [0.3, 0.4) is 0 Å². The van der Waals surface area contributed by atoms with Crippen molar-refractivity contribution in [2.24, 2.45) is 17.8 Å². The van der Waals surface area contributed by atoms with Crippen LogP contribution < -0.4 is 0 Å². The van der Waals surface area contributed by atoms with Crippen LogP contribution in [-0.4, -0.2) is 39.6 Å². The highest BCUT2D eigenvalue weighted by molar-refractivity contribution is 7.57. The van der Waals surface area contributed by atoms with E-state index in [1.807, 2.05) is 0 Å². The monoisotopic (exact) mass is 380 g/mol. The fourth-order valence-corrected chi connectivity index (χ4v) is 5.77. The van der Waals surface area contributed by atoms with Crippen LogP contribution in [0.5, 0.6) is 0 Å². The number of rotatable bonds is 4. The SMILES string of the molecule is CP(=O)(O)CCC/C=C1\CC2C[C@@H](O)[C@H](C#CC3(O)CCCCC3)C2C1. The molecule has 3 N–H and O–H groups in total. The molecule has 146 valence electrons. The summed E-state index contributed by atoms with van der Waals surface area (Å²) < 4.78 is 11.3. The van der Waals surface area contributed by atoms with Gasteiger partial charge >= 0.3 is 0 Å². The van der Waals surface area contributed by atoms with E-state index in [0.717, 1.165) is 57.8 Å². The zero-order valence-electron chi connectivity index (χ0n) is 15.9. The van der Waals surface area contributed by atoms with Gasteiger partial charge in [0.1, 0.15) is 5.60 Å². The molecule has 0 amide bonds. The number of aliphatic hydroxyl groups is 2. The van der Waals surface area contributed by atoms with E-state index in [2.05, 4.69) is 17.9 Å². The lowest BCUT2D eigenvalue weighted by Crippen LogP contribution is -2.30. The Morgan fingerprint density at radius 2 is 2.00 bits per heavy atom. The molecule has 3 saturated carbocycles. The minimum Gasteiger partial charge on any atom is -0.392 e. The lowest BCUT2D eigenvalue weighted by Gasteiger charge is -2.27. The molecule has 5 atom stereocenters. The van der Waals surface area contributed by atoms with Crippen LogP contribution in [0.4, 0.5) is 0 Å². The van der Waals surface area contributed by atoms with E-state index in [1.54, 1.807) is 0 Å². The first-order valence-electron chi connectivity index (χ1n) is 10.2. The average molecular weight is 380 g/mol. The summed E-state index contributed by atoms with van der Waals surface area (Å²) in [6.07, 6.45) is 11.4. The van der Waals surface area contributed by atoms with Gasteiger partial charge in [0.25, 0.3) is 0 Å². The number of aliphatic hydroxyl groups excluding tert-OH is 1. The summed E-state index contributed by atoms with van der Waals surface area (Å²) in [6.45, 7) is 1.42. The summed E-state index contributed by atoms with van der Waals surface area (Å²) >= 11 is 0. The molecule has 3 unspecified atom stereocenters. The first-order chi connectivity index (χ1) is 12.3. The molecule has 3 aliphatic carbocycles. The lowest BCUT2D eigenvalue weighted by molar-refractivity contribution is 0.0604. The molecule has 0 aromatic heterocycles. The molecule has 5 heteroatoms. The topological polar surface area (TPSA) is 77.8 Å². The summed E-state index contributed by atoms with van der Waals surface area (Å²) in [6, 6.07) is 0. The van der Waals surface area contributed by atoms with E-state index in [0.29, 0.717) is 18.0 Å². The normalized spacial score (nSPS) is 37.0. The number of hydrogen-bond donors (Lipinski definition) is 3. The third-order valence-corrected chi connectivity index (χ3v) is 7.56. The summed E-state index contributed by atoms with van der Waals surface area (Å²) in [4.78, 5) is 9.36. The highest BCUT2D eigenvalue weighted by Crippen LogP contribution is 2.50. The van der Waals surface area contributed by atoms with Crippen LogP contribution in [0.15, 0.2) is 11.6 Å². The van der Waals surface area contributed by atoms with Crippen molar-refractivity contribution in [1.29, 1.82) is 0 Å². The molecule has 3 aliphatic rings. The van der Waals surface area contributed by atoms with E-state index < -0.39 is 13.0 Å². The Morgan fingerprint density at radius 3 is 2.69 bits per heavy atom. The fourth-order valence-electron chi connectivity index (χ4n) is 5.00. The van der Waals surface area contributed by atoms with Crippen LogP contribution in [0, 0.1) is 29.6 Å². The van der Waals surface area contributed by atoms with E-state index in [9.17, 15) is 19.7 Å². The van der Waals surface area contributed by atoms with Crippen molar-refractivity contribution >= 4 is 7.37 Å². The van der Waals surface area contributed by atoms with Crippen molar-refractivity contribution in [3.8, 4) is 11.8 Å². The van der Waals surface area contributed by atoms with E-state index in [4.69, 9.17) is 0 Å². The van der Waals surface area contributed by atoms with Crippen LogP contribution in [0.25, 0.3) is 0 Å². The summed E-state index contributed by atoms with van der Waals surface area (Å²) in [7, 11) is -2.90. The van der Waals surface area contributed by atoms with Crippen molar-refractivity contribution < 1.29 is 19.7 Å². The van der Waals surface area contributed by atoms with Crippen LogP contribution in [0.2, 0.25) is 0 Å². The van der Waals surface area contributed by atoms with Gasteiger partial charge in [-0.2, -0.15) is 0 Å². The maximum Gasteiger partial charge on any atom is 0.197 e. The number of fused-ring (bicyclic) bond motifs is 1. The first-order valence-corrected chi connectivity index (χ1v) is 12.5. The Labute approximate surface area is 157 Å². The highest BCUT2D eigenvalue weighted by Gasteiger charge is 2.45. The molecule has 3 fully saturated rings. The highest BCUT2D eigenvalue weighted by atomic mass is 31.2. The molecular weight excluding hydrogens is 347 g/mol. The first kappa shape index (κ1) is 20.2. The maximum atomic E-state index is 11.3. The Morgan fingerprint density at radius 1 is 1.27 bits per heavy atom. The van der Waals surface area contributed by atoms with Gasteiger partial charge in [0.15, 0.2) is 7.37 Å². The Bertz CT molecular complexity index is 632. The maximum absolute atomic E-state index is 11.3. The number of allylic oxidation sites excluding steroid dienone is 2. The third kappa shape index (κ3) is 5.23. The largest absolute Gasteiger partial charge is 0.392 e. The summed E-state index contributed by atoms with van der Waals surface area (Å²) in [5, 5.41) is 21.0. The number of hydrogen-bond acceptors (Lipinski definition) is 3. The van der Waals surface area contributed by atoms with E-state index in [1.165, 1.54) is 18.7 Å². The van der Waals surface area contributed by atoms with Gasteiger partial charge in [-0.05, 0) is 69.6 Å². The molecular formula is C21H33O4P. The molecule has 0 aromatic rings. The average Bonchev–Trinajstić information content (AvgIpc) is 3.06. The lowest BCUT2D eigenvalue weighted by atomic mass is 9.84. The molecule has 0 radical (unpaired) electrons. The predicted octanol–water partition coefficient (Wildman–Crippen LogP) is 3.70. The summed E-state index contributed by atoms with van der Waals surface area (Å²) in [5.74, 6) is 7.27. The second-order valence-electron chi connectivity index (χ2n) is 8.80. The van der Waals surface area contributed by atoms with Gasteiger partial charge in [0, 0.05) is 18.7 Å². The van der Waals surface area contributed by atoms with Crippen molar-refractivity contribution in [2.45, 2.75) is 75.9 Å². The van der Waals surface area contributed by atoms with Crippen LogP contribution in [0.1, 0.15) is 64.2 Å². The third-order valence-electron chi connectivity index (χ3n) is 6.41. The molecule has 3 rings (SSSR count). The van der Waals surface area contributed by atoms with E-state index in [-0.39, 0.29) is 12.0 Å². The van der Waals surface area contributed by atoms with Gasteiger partial charge in [0.2, 0.25) is 0 Å². The predicted molar refractivity (Wildman–Crippen MR) is 104 cm³/mol. The van der Waals surface area contributed by atoms with Crippen LogP contribution in [-0.2, 0) is 4.57 Å². The van der Waals surface area contributed by atoms with Gasteiger partial charge in [-0.3, -0.25) is 4.57 Å². The quantitative estimate of drug-likeness (QED) is 0.301. The van der Waals surface area contributed by atoms with E-state index >= 15 is 0 Å². The Kier molecular flexibility index (Phi) is 6.35. The van der Waals surface area contributed by atoms with Gasteiger partial charge in [0.05, 0.1) is 6.10 Å². The Balaban J connectivity index is 1.58. The van der Waals surface area contributed by atoms with Crippen molar-refractivity contribution in [2.75, 3.05) is 12.8 Å². The summed E-state index contributed by atoms with van der Waals surface area (Å²) in [5.41, 5.74) is 0.574. The standard InChI is InChI=1S/C21H33O4P/c1-26(24,25)12-6-3-7-16-13-17-15-20(22)18(19(17)14-16)8-11-21(23)9-4-2-5-10-21/h7,17-20,22-23H,2-6,9-10,12-15H2,1H3,(H,24,25)/b16-7+/t17?,18-,19?,20-/m1/s1. The molecule has 0 aliphatic heterocycles. The van der Waals surface area contributed by atoms with Gasteiger partial charge in [-0.1, -0.05) is 29.9 Å². The zero-order chi connectivity index (χ0) is 18.8. The minimum absolute atomic E-state index is 0.0230. The van der Waals surface area contributed by atoms with Crippen molar-refractivity contribution in [3.63, 3.8) is 0 Å². The van der Waals surface area contributed by atoms with Crippen molar-refractivity contribution in [1.82, 2.24) is 0 Å². The molecule has 0 bridgehead atoms. The zero-order valence-corrected chi connectivity index (χ0v) is 16.8. The molecule has 0 spiro atoms. The molecule has 0 heterocycles. The van der Waals surface area contributed by atoms with Gasteiger partial charge in [-0.15, -0.1) is 0 Å². The second kappa shape index (κ2) is 8.19. The molecule has 0 aromatic carbocycles.